The highest BCUT2D eigenvalue weighted by molar-refractivity contribution is 7.60. The lowest BCUT2D eigenvalue weighted by molar-refractivity contribution is 0.631. The van der Waals surface area contributed by atoms with Gasteiger partial charge in [0.2, 0.25) is 0 Å². The highest BCUT2D eigenvalue weighted by Crippen LogP contribution is 2.60. The van der Waals surface area contributed by atoms with Crippen molar-refractivity contribution in [2.75, 3.05) is 6.16 Å². The van der Waals surface area contributed by atoms with Crippen molar-refractivity contribution in [1.29, 1.82) is 0 Å². The summed E-state index contributed by atoms with van der Waals surface area (Å²) in [4.78, 5) is 0. The molecule has 1 atom stereocenters. The molecule has 86 valence electrons. The second-order valence-electron chi connectivity index (χ2n) is 5.84. The number of rotatable bonds is 5. The van der Waals surface area contributed by atoms with Gasteiger partial charge in [0, 0.05) is 0 Å². The predicted molar refractivity (Wildman–Crippen MR) is 70.8 cm³/mol. The Labute approximate surface area is 92.6 Å². The molecule has 0 aromatic carbocycles. The fourth-order valence-electron chi connectivity index (χ4n) is 2.05. The molecule has 1 heteroatoms. The van der Waals surface area contributed by atoms with Crippen molar-refractivity contribution in [3.05, 3.63) is 0 Å². The zero-order valence-corrected chi connectivity index (χ0v) is 12.2. The third-order valence-electron chi connectivity index (χ3n) is 3.14. The first kappa shape index (κ1) is 14.4. The third-order valence-corrected chi connectivity index (χ3v) is 7.30. The lowest BCUT2D eigenvalue weighted by atomic mass is 10.1. The minimum Gasteiger partial charge on any atom is -0.0954 e. The maximum atomic E-state index is 2.46. The van der Waals surface area contributed by atoms with Crippen LogP contribution in [0.1, 0.15) is 67.7 Å². The molecule has 0 N–H and O–H groups in total. The van der Waals surface area contributed by atoms with Gasteiger partial charge in [-0.1, -0.05) is 62.8 Å². The molecule has 0 bridgehead atoms. The van der Waals surface area contributed by atoms with Crippen molar-refractivity contribution >= 4 is 7.92 Å². The van der Waals surface area contributed by atoms with Crippen LogP contribution in [0.2, 0.25) is 0 Å². The highest BCUT2D eigenvalue weighted by Gasteiger charge is 2.35. The first-order valence-electron chi connectivity index (χ1n) is 6.03. The summed E-state index contributed by atoms with van der Waals surface area (Å²) in [5.74, 6) is 0. The first-order valence-corrected chi connectivity index (χ1v) is 7.56. The van der Waals surface area contributed by atoms with Crippen LogP contribution in [0.25, 0.3) is 0 Å². The van der Waals surface area contributed by atoms with Crippen LogP contribution < -0.4 is 0 Å². The second-order valence-corrected chi connectivity index (χ2v) is 9.70. The summed E-state index contributed by atoms with van der Waals surface area (Å²) in [5.41, 5.74) is 0. The van der Waals surface area contributed by atoms with Gasteiger partial charge in [0.25, 0.3) is 0 Å². The molecule has 0 saturated carbocycles. The molecule has 0 aromatic heterocycles. The van der Waals surface area contributed by atoms with Crippen molar-refractivity contribution in [3.63, 3.8) is 0 Å². The van der Waals surface area contributed by atoms with Crippen LogP contribution in [0.4, 0.5) is 0 Å². The molecule has 0 rings (SSSR count). The van der Waals surface area contributed by atoms with Gasteiger partial charge in [-0.3, -0.25) is 0 Å². The first-order chi connectivity index (χ1) is 6.25. The summed E-state index contributed by atoms with van der Waals surface area (Å²) in [5, 5.41) is 1.08. The van der Waals surface area contributed by atoms with Crippen molar-refractivity contribution in [1.82, 2.24) is 0 Å². The largest absolute Gasteiger partial charge is 0.0954 e. The van der Waals surface area contributed by atoms with Gasteiger partial charge < -0.3 is 0 Å². The van der Waals surface area contributed by atoms with Gasteiger partial charge in [-0.15, -0.1) is 0 Å². The summed E-state index contributed by atoms with van der Waals surface area (Å²) >= 11 is 0. The Morgan fingerprint density at radius 2 is 1.43 bits per heavy atom. The van der Waals surface area contributed by atoms with E-state index in [1.165, 1.54) is 25.4 Å². The SMILES string of the molecule is CCCCP(C(C)(C)C)C(C)(C)CC. The molecule has 0 spiro atoms. The second kappa shape index (κ2) is 5.50. The number of hydrogen-bond donors (Lipinski definition) is 0. The zero-order chi connectivity index (χ0) is 11.4. The summed E-state index contributed by atoms with van der Waals surface area (Å²) < 4.78 is 0. The molecule has 0 aliphatic heterocycles. The van der Waals surface area contributed by atoms with Crippen LogP contribution in [0.3, 0.4) is 0 Å². The topological polar surface area (TPSA) is 0 Å². The molecule has 0 aromatic rings. The molecule has 14 heavy (non-hydrogen) atoms. The van der Waals surface area contributed by atoms with E-state index in [-0.39, 0.29) is 7.92 Å². The van der Waals surface area contributed by atoms with Crippen molar-refractivity contribution in [2.45, 2.75) is 78.0 Å². The minimum atomic E-state index is 0.149. The standard InChI is InChI=1S/C13H29P/c1-8-10-11-14(12(3,4)5)13(6,7)9-2/h8-11H2,1-7H3. The Hall–Kier alpha value is 0.430. The van der Waals surface area contributed by atoms with Crippen LogP contribution in [-0.4, -0.2) is 16.5 Å². The predicted octanol–water partition coefficient (Wildman–Crippen LogP) is 5.26. The van der Waals surface area contributed by atoms with Gasteiger partial charge in [0.15, 0.2) is 0 Å². The van der Waals surface area contributed by atoms with Crippen LogP contribution in [0.5, 0.6) is 0 Å². The maximum absolute atomic E-state index is 2.46. The Balaban J connectivity index is 4.56. The Kier molecular flexibility index (Phi) is 5.67. The zero-order valence-electron chi connectivity index (χ0n) is 11.3. The molecule has 1 unspecified atom stereocenters. The molecule has 0 heterocycles. The maximum Gasteiger partial charge on any atom is -0.0149 e. The van der Waals surface area contributed by atoms with Crippen molar-refractivity contribution in [3.8, 4) is 0 Å². The van der Waals surface area contributed by atoms with Crippen LogP contribution in [-0.2, 0) is 0 Å². The smallest absolute Gasteiger partial charge is 0.0149 e. The van der Waals surface area contributed by atoms with E-state index < -0.39 is 0 Å². The monoisotopic (exact) mass is 216 g/mol. The average Bonchev–Trinajstić information content (AvgIpc) is 2.02. The van der Waals surface area contributed by atoms with Gasteiger partial charge in [0.1, 0.15) is 0 Å². The molecule has 0 amide bonds. The summed E-state index contributed by atoms with van der Waals surface area (Å²) in [7, 11) is 0.149. The summed E-state index contributed by atoms with van der Waals surface area (Å²) in [6.45, 7) is 16.8. The van der Waals surface area contributed by atoms with E-state index in [1.807, 2.05) is 0 Å². The van der Waals surface area contributed by atoms with E-state index in [1.54, 1.807) is 0 Å². The van der Waals surface area contributed by atoms with Gasteiger partial charge in [0.05, 0.1) is 0 Å². The third kappa shape index (κ3) is 4.30. The van der Waals surface area contributed by atoms with Gasteiger partial charge in [-0.05, 0) is 29.3 Å². The molecule has 0 saturated heterocycles. The van der Waals surface area contributed by atoms with Crippen LogP contribution in [0.15, 0.2) is 0 Å². The molecular formula is C13H29P. The fourth-order valence-corrected chi connectivity index (χ4v) is 6.16. The Morgan fingerprint density at radius 1 is 0.929 bits per heavy atom. The van der Waals surface area contributed by atoms with E-state index in [9.17, 15) is 0 Å². The molecule has 0 radical (unpaired) electrons. The lowest BCUT2D eigenvalue weighted by Gasteiger charge is -2.43. The molecule has 0 aliphatic carbocycles. The van der Waals surface area contributed by atoms with Gasteiger partial charge in [-0.25, -0.2) is 0 Å². The van der Waals surface area contributed by atoms with Gasteiger partial charge >= 0.3 is 0 Å². The summed E-state index contributed by atoms with van der Waals surface area (Å²) in [6, 6.07) is 0. The van der Waals surface area contributed by atoms with Crippen molar-refractivity contribution in [2.24, 2.45) is 0 Å². The van der Waals surface area contributed by atoms with Crippen LogP contribution >= 0.6 is 7.92 Å². The lowest BCUT2D eigenvalue weighted by Crippen LogP contribution is -2.28. The molecular weight excluding hydrogens is 187 g/mol. The Morgan fingerprint density at radius 3 is 1.71 bits per heavy atom. The van der Waals surface area contributed by atoms with E-state index in [4.69, 9.17) is 0 Å². The normalized spacial score (nSPS) is 15.6. The quantitative estimate of drug-likeness (QED) is 0.550. The van der Waals surface area contributed by atoms with Gasteiger partial charge in [-0.2, -0.15) is 0 Å². The number of unbranched alkanes of at least 4 members (excludes halogenated alkanes) is 1. The fraction of sp³-hybridized carbons (Fsp3) is 1.00. The summed E-state index contributed by atoms with van der Waals surface area (Å²) in [6.07, 6.45) is 5.52. The highest BCUT2D eigenvalue weighted by atomic mass is 31.1. The molecule has 0 nitrogen and oxygen atoms in total. The molecule has 0 aliphatic rings. The number of hydrogen-bond acceptors (Lipinski definition) is 0. The van der Waals surface area contributed by atoms with E-state index in [0.717, 1.165) is 0 Å². The van der Waals surface area contributed by atoms with Crippen molar-refractivity contribution < 1.29 is 0 Å². The van der Waals surface area contributed by atoms with Crippen LogP contribution in [0, 0.1) is 0 Å². The Bertz CT molecular complexity index is 153. The van der Waals surface area contributed by atoms with E-state index >= 15 is 0 Å². The van der Waals surface area contributed by atoms with E-state index in [0.29, 0.717) is 10.3 Å². The van der Waals surface area contributed by atoms with E-state index in [2.05, 4.69) is 48.5 Å². The molecule has 0 fully saturated rings. The minimum absolute atomic E-state index is 0.149. The average molecular weight is 216 g/mol.